The maximum absolute atomic E-state index is 2.18. The number of hydrogen-bond acceptors (Lipinski definition) is 0. The van der Waals surface area contributed by atoms with E-state index >= 15 is 0 Å². The van der Waals surface area contributed by atoms with E-state index < -0.39 is 0 Å². The Morgan fingerprint density at radius 1 is 0.500 bits per heavy atom. The molecule has 0 unspecified atom stereocenters. The second kappa shape index (κ2) is 4.82. The summed E-state index contributed by atoms with van der Waals surface area (Å²) < 4.78 is 0. The highest BCUT2D eigenvalue weighted by atomic mass is 14.0. The number of nitrogens with zero attached hydrogens (tertiary/aromatic N) is 1. The standard InChI is InChI=1S/C14H10.B.N/c1-3-7-13-11(5-1)9-10-12-6-2-4-8-14(12)13;;/h1-10H;;. The molecule has 0 aromatic heterocycles. The van der Waals surface area contributed by atoms with E-state index in [1.54, 1.807) is 0 Å². The third-order valence-corrected chi connectivity index (χ3v) is 2.65. The van der Waals surface area contributed by atoms with Gasteiger partial charge in [0.25, 0.3) is 0 Å². The van der Waals surface area contributed by atoms with E-state index in [1.807, 2.05) is 0 Å². The molecule has 3 rings (SSSR count). The summed E-state index contributed by atoms with van der Waals surface area (Å²) in [6.45, 7) is 0. The van der Waals surface area contributed by atoms with Crippen molar-refractivity contribution in [3.63, 3.8) is 0 Å². The molecule has 0 saturated carbocycles. The fourth-order valence-electron chi connectivity index (χ4n) is 1.95. The number of benzene rings is 3. The minimum Gasteiger partial charge on any atom is -0.0616 e. The minimum absolute atomic E-state index is 0. The Bertz CT molecular complexity index is 550. The molecular formula is C14H10BN. The van der Waals surface area contributed by atoms with Crippen LogP contribution in [0, 0.1) is 0 Å². The Morgan fingerprint density at radius 2 is 0.875 bits per heavy atom. The van der Waals surface area contributed by atoms with Crippen molar-refractivity contribution in [2.24, 2.45) is 0 Å². The molecule has 0 bridgehead atoms. The number of hydrogen-bond donors (Lipinski definition) is 0. The van der Waals surface area contributed by atoms with Crippen LogP contribution in [0.1, 0.15) is 0 Å². The average molecular weight is 203 g/mol. The third-order valence-electron chi connectivity index (χ3n) is 2.65. The van der Waals surface area contributed by atoms with Gasteiger partial charge in [-0.1, -0.05) is 60.7 Å². The van der Waals surface area contributed by atoms with Crippen LogP contribution in [0.4, 0.5) is 0 Å². The van der Waals surface area contributed by atoms with Gasteiger partial charge in [0.1, 0.15) is 0 Å². The largest absolute Gasteiger partial charge is 0.0616 e. The lowest BCUT2D eigenvalue weighted by atomic mass is 10.0. The Hall–Kier alpha value is -1.80. The first kappa shape index (κ1) is 12.3. The Morgan fingerprint density at radius 3 is 1.31 bits per heavy atom. The van der Waals surface area contributed by atoms with Crippen LogP contribution >= 0.6 is 0 Å². The lowest BCUT2D eigenvalue weighted by Crippen LogP contribution is -1.75. The van der Waals surface area contributed by atoms with Gasteiger partial charge in [-0.3, -0.25) is 0 Å². The fourth-order valence-corrected chi connectivity index (χ4v) is 1.95. The van der Waals surface area contributed by atoms with Gasteiger partial charge in [-0.2, -0.15) is 0 Å². The Kier molecular flexibility index (Phi) is 3.70. The summed E-state index contributed by atoms with van der Waals surface area (Å²) in [5.41, 5.74) is 0. The molecular weight excluding hydrogens is 193 g/mol. The predicted octanol–water partition coefficient (Wildman–Crippen LogP) is 3.13. The van der Waals surface area contributed by atoms with Gasteiger partial charge in [-0.15, -0.1) is 0 Å². The van der Waals surface area contributed by atoms with Crippen LogP contribution in [0.3, 0.4) is 0 Å². The van der Waals surface area contributed by atoms with Crippen LogP contribution in [0.5, 0.6) is 0 Å². The van der Waals surface area contributed by atoms with Crippen molar-refractivity contribution < 1.29 is 0 Å². The van der Waals surface area contributed by atoms with Gasteiger partial charge >= 0.3 is 0 Å². The van der Waals surface area contributed by atoms with Gasteiger partial charge in [0.2, 0.25) is 0 Å². The highest BCUT2D eigenvalue weighted by Gasteiger charge is 1.97. The molecule has 16 heavy (non-hydrogen) atoms. The van der Waals surface area contributed by atoms with Gasteiger partial charge in [0.15, 0.2) is 0 Å². The van der Waals surface area contributed by atoms with E-state index in [2.05, 4.69) is 60.7 Å². The summed E-state index contributed by atoms with van der Waals surface area (Å²) in [6.07, 6.45) is 0. The molecule has 0 aliphatic heterocycles. The zero-order chi connectivity index (χ0) is 9.38. The van der Waals surface area contributed by atoms with Crippen LogP contribution in [-0.4, -0.2) is 8.41 Å². The topological polar surface area (TPSA) is 30.5 Å². The molecule has 0 fully saturated rings. The van der Waals surface area contributed by atoms with Gasteiger partial charge in [-0.25, -0.2) is 0 Å². The zero-order valence-corrected chi connectivity index (χ0v) is 8.80. The molecule has 3 aromatic rings. The predicted molar refractivity (Wildman–Crippen MR) is 69.3 cm³/mol. The third kappa shape index (κ3) is 1.80. The van der Waals surface area contributed by atoms with E-state index in [-0.39, 0.29) is 14.6 Å². The SMILES string of the molecule is [B].[N].c1ccc2c(c1)ccc1ccccc12. The van der Waals surface area contributed by atoms with Crippen molar-refractivity contribution in [2.75, 3.05) is 0 Å². The van der Waals surface area contributed by atoms with E-state index in [9.17, 15) is 0 Å². The van der Waals surface area contributed by atoms with Crippen LogP contribution in [0.25, 0.3) is 21.5 Å². The molecule has 0 saturated heterocycles. The van der Waals surface area contributed by atoms with E-state index in [4.69, 9.17) is 0 Å². The molecule has 0 atom stereocenters. The molecule has 0 N–H and O–H groups in total. The summed E-state index contributed by atoms with van der Waals surface area (Å²) in [5.74, 6) is 0. The first-order chi connectivity index (χ1) is 6.95. The lowest BCUT2D eigenvalue weighted by molar-refractivity contribution is 1.76. The minimum atomic E-state index is 0. The normalized spacial score (nSPS) is 9.50. The van der Waals surface area contributed by atoms with Crippen molar-refractivity contribution in [1.29, 1.82) is 0 Å². The summed E-state index contributed by atoms with van der Waals surface area (Å²) >= 11 is 0. The zero-order valence-electron chi connectivity index (χ0n) is 8.80. The lowest BCUT2D eigenvalue weighted by Gasteiger charge is -2.02. The molecule has 0 aliphatic rings. The quantitative estimate of drug-likeness (QED) is 0.397. The van der Waals surface area contributed by atoms with Crippen molar-refractivity contribution in [3.05, 3.63) is 60.7 Å². The Labute approximate surface area is 97.3 Å². The maximum atomic E-state index is 2.18. The smallest absolute Gasteiger partial charge is 0 e. The summed E-state index contributed by atoms with van der Waals surface area (Å²) in [5, 5.41) is 5.30. The molecule has 2 heteroatoms. The van der Waals surface area contributed by atoms with Crippen molar-refractivity contribution >= 4 is 30.0 Å². The van der Waals surface area contributed by atoms with E-state index in [0.717, 1.165) is 0 Å². The molecule has 3 aromatic carbocycles. The summed E-state index contributed by atoms with van der Waals surface area (Å²) in [7, 11) is 0. The second-order valence-corrected chi connectivity index (χ2v) is 3.51. The molecule has 74 valence electrons. The van der Waals surface area contributed by atoms with Crippen LogP contribution in [0.2, 0.25) is 0 Å². The highest BCUT2D eigenvalue weighted by molar-refractivity contribution is 6.07. The van der Waals surface area contributed by atoms with Crippen molar-refractivity contribution in [2.45, 2.75) is 0 Å². The monoisotopic (exact) mass is 203 g/mol. The molecule has 0 heterocycles. The first-order valence-corrected chi connectivity index (χ1v) is 4.82. The van der Waals surface area contributed by atoms with Crippen LogP contribution < -0.4 is 6.15 Å². The van der Waals surface area contributed by atoms with Crippen molar-refractivity contribution in [3.8, 4) is 0 Å². The molecule has 0 amide bonds. The van der Waals surface area contributed by atoms with Crippen LogP contribution in [-0.2, 0) is 0 Å². The molecule has 6 radical (unpaired) electrons. The van der Waals surface area contributed by atoms with Crippen molar-refractivity contribution in [1.82, 2.24) is 6.15 Å². The molecule has 0 spiro atoms. The molecule has 1 nitrogen and oxygen atoms in total. The number of fused-ring (bicyclic) bond motifs is 3. The van der Waals surface area contributed by atoms with E-state index in [0.29, 0.717) is 0 Å². The van der Waals surface area contributed by atoms with Crippen LogP contribution in [0.15, 0.2) is 60.7 Å². The van der Waals surface area contributed by atoms with Gasteiger partial charge in [0, 0.05) is 14.6 Å². The fraction of sp³-hybridized carbons (Fsp3) is 0. The first-order valence-electron chi connectivity index (χ1n) is 4.82. The number of rotatable bonds is 0. The molecule has 0 aliphatic carbocycles. The van der Waals surface area contributed by atoms with Gasteiger partial charge in [-0.05, 0) is 21.5 Å². The highest BCUT2D eigenvalue weighted by Crippen LogP contribution is 2.24. The maximum Gasteiger partial charge on any atom is 0 e. The van der Waals surface area contributed by atoms with Gasteiger partial charge < -0.3 is 0 Å². The summed E-state index contributed by atoms with van der Waals surface area (Å²) in [6, 6.07) is 21.4. The van der Waals surface area contributed by atoms with Gasteiger partial charge in [0.05, 0.1) is 0 Å². The average Bonchev–Trinajstić information content (AvgIpc) is 2.29. The summed E-state index contributed by atoms with van der Waals surface area (Å²) in [4.78, 5) is 0. The van der Waals surface area contributed by atoms with E-state index in [1.165, 1.54) is 21.5 Å². The second-order valence-electron chi connectivity index (χ2n) is 3.51. The Balaban J connectivity index is 0.000000640.